The summed E-state index contributed by atoms with van der Waals surface area (Å²) in [5.41, 5.74) is 1.94. The summed E-state index contributed by atoms with van der Waals surface area (Å²) < 4.78 is 37.5. The van der Waals surface area contributed by atoms with E-state index in [2.05, 4.69) is 21.2 Å². The standard InChI is InChI=1S/C18H16BrF3N2O2/c19-14-7-4-12(5-8-14)6-9-16(25)24-15-3-1-2-13(10-15)11-23-17(26)18(20,21)22/h1-5,7-8,10H,6,9,11H2,(H,23,26)(H,24,25). The van der Waals surface area contributed by atoms with Gasteiger partial charge in [-0.1, -0.05) is 40.2 Å². The van der Waals surface area contributed by atoms with Crippen LogP contribution >= 0.6 is 15.9 Å². The number of carbonyl (C=O) groups is 2. The minimum Gasteiger partial charge on any atom is -0.344 e. The van der Waals surface area contributed by atoms with E-state index in [1.165, 1.54) is 6.07 Å². The number of benzene rings is 2. The molecule has 0 bridgehead atoms. The molecule has 0 radical (unpaired) electrons. The lowest BCUT2D eigenvalue weighted by Gasteiger charge is -2.10. The Balaban J connectivity index is 1.86. The van der Waals surface area contributed by atoms with Crippen LogP contribution in [0.1, 0.15) is 17.5 Å². The van der Waals surface area contributed by atoms with Crippen molar-refractivity contribution in [3.63, 3.8) is 0 Å². The molecule has 0 unspecified atom stereocenters. The Kier molecular flexibility index (Phi) is 6.79. The molecular formula is C18H16BrF3N2O2. The molecule has 2 amide bonds. The molecule has 0 aliphatic rings. The Bertz CT molecular complexity index is 777. The Hall–Kier alpha value is -2.35. The highest BCUT2D eigenvalue weighted by atomic mass is 79.9. The molecule has 0 aliphatic heterocycles. The third kappa shape index (κ3) is 6.51. The molecule has 8 heteroatoms. The van der Waals surface area contributed by atoms with Gasteiger partial charge < -0.3 is 10.6 Å². The van der Waals surface area contributed by atoms with Gasteiger partial charge in [0.2, 0.25) is 5.91 Å². The Morgan fingerprint density at radius 1 is 1.00 bits per heavy atom. The fraction of sp³-hybridized carbons (Fsp3) is 0.222. The van der Waals surface area contributed by atoms with Gasteiger partial charge in [0.25, 0.3) is 0 Å². The van der Waals surface area contributed by atoms with Crippen LogP contribution in [0, 0.1) is 0 Å². The van der Waals surface area contributed by atoms with E-state index in [9.17, 15) is 22.8 Å². The molecule has 2 aromatic rings. The van der Waals surface area contributed by atoms with Crippen LogP contribution in [0.4, 0.5) is 18.9 Å². The molecule has 138 valence electrons. The second kappa shape index (κ2) is 8.84. The van der Waals surface area contributed by atoms with Gasteiger partial charge in [-0.3, -0.25) is 9.59 Å². The zero-order chi connectivity index (χ0) is 19.2. The first-order valence-electron chi connectivity index (χ1n) is 7.72. The molecule has 0 aromatic heterocycles. The molecule has 0 heterocycles. The number of nitrogens with one attached hydrogen (secondary N) is 2. The number of hydrogen-bond donors (Lipinski definition) is 2. The van der Waals surface area contributed by atoms with Gasteiger partial charge in [-0.25, -0.2) is 0 Å². The fourth-order valence-corrected chi connectivity index (χ4v) is 2.44. The van der Waals surface area contributed by atoms with Crippen molar-refractivity contribution in [2.45, 2.75) is 25.6 Å². The molecule has 26 heavy (non-hydrogen) atoms. The van der Waals surface area contributed by atoms with E-state index in [4.69, 9.17) is 0 Å². The van der Waals surface area contributed by atoms with E-state index < -0.39 is 12.1 Å². The maximum Gasteiger partial charge on any atom is 0.471 e. The van der Waals surface area contributed by atoms with E-state index >= 15 is 0 Å². The first-order chi connectivity index (χ1) is 12.2. The van der Waals surface area contributed by atoms with Crippen LogP contribution in [0.25, 0.3) is 0 Å². The minimum atomic E-state index is -4.92. The molecule has 0 spiro atoms. The van der Waals surface area contributed by atoms with Crippen molar-refractivity contribution in [1.82, 2.24) is 5.32 Å². The molecule has 2 N–H and O–H groups in total. The number of alkyl halides is 3. The summed E-state index contributed by atoms with van der Waals surface area (Å²) in [6, 6.07) is 13.9. The average molecular weight is 429 g/mol. The zero-order valence-electron chi connectivity index (χ0n) is 13.6. The average Bonchev–Trinajstić information content (AvgIpc) is 2.58. The smallest absolute Gasteiger partial charge is 0.344 e. The number of carbonyl (C=O) groups excluding carboxylic acids is 2. The molecule has 0 saturated carbocycles. The monoisotopic (exact) mass is 428 g/mol. The van der Waals surface area contributed by atoms with E-state index in [0.717, 1.165) is 10.0 Å². The number of aryl methyl sites for hydroxylation is 1. The van der Waals surface area contributed by atoms with Gasteiger partial charge in [0.15, 0.2) is 0 Å². The molecule has 0 aliphatic carbocycles. The highest BCUT2D eigenvalue weighted by Gasteiger charge is 2.38. The van der Waals surface area contributed by atoms with Crippen LogP contribution in [0.15, 0.2) is 53.0 Å². The Morgan fingerprint density at radius 2 is 1.69 bits per heavy atom. The molecule has 4 nitrogen and oxygen atoms in total. The quantitative estimate of drug-likeness (QED) is 0.724. The SMILES string of the molecule is O=C(CCc1ccc(Br)cc1)Nc1cccc(CNC(=O)C(F)(F)F)c1. The third-order valence-electron chi connectivity index (χ3n) is 3.48. The van der Waals surface area contributed by atoms with Gasteiger partial charge in [-0.05, 0) is 41.8 Å². The molecular weight excluding hydrogens is 413 g/mol. The van der Waals surface area contributed by atoms with Gasteiger partial charge in [0.1, 0.15) is 0 Å². The molecule has 2 rings (SSSR count). The van der Waals surface area contributed by atoms with Crippen LogP contribution in [0.3, 0.4) is 0 Å². The number of hydrogen-bond acceptors (Lipinski definition) is 2. The molecule has 0 fully saturated rings. The lowest BCUT2D eigenvalue weighted by atomic mass is 10.1. The lowest BCUT2D eigenvalue weighted by Crippen LogP contribution is -2.36. The molecule has 0 atom stereocenters. The van der Waals surface area contributed by atoms with E-state index in [-0.39, 0.29) is 18.9 Å². The van der Waals surface area contributed by atoms with Gasteiger partial charge in [0.05, 0.1) is 0 Å². The summed E-state index contributed by atoms with van der Waals surface area (Å²) in [4.78, 5) is 22.9. The van der Waals surface area contributed by atoms with Crippen molar-refractivity contribution in [2.24, 2.45) is 0 Å². The summed E-state index contributed by atoms with van der Waals surface area (Å²) in [6.45, 7) is -0.277. The number of rotatable bonds is 6. The zero-order valence-corrected chi connectivity index (χ0v) is 15.2. The Labute approximate surface area is 156 Å². The van der Waals surface area contributed by atoms with Gasteiger partial charge >= 0.3 is 12.1 Å². The van der Waals surface area contributed by atoms with Crippen molar-refractivity contribution in [3.05, 3.63) is 64.1 Å². The predicted octanol–water partition coefficient (Wildman–Crippen LogP) is 4.20. The number of halogens is 4. The number of amides is 2. The summed E-state index contributed by atoms with van der Waals surface area (Å²) in [5.74, 6) is -2.20. The van der Waals surface area contributed by atoms with Gasteiger partial charge in [-0.15, -0.1) is 0 Å². The first kappa shape index (κ1) is 20.0. The molecule has 0 saturated heterocycles. The van der Waals surface area contributed by atoms with Crippen LogP contribution < -0.4 is 10.6 Å². The second-order valence-electron chi connectivity index (χ2n) is 5.56. The van der Waals surface area contributed by atoms with Crippen LogP contribution in [0.2, 0.25) is 0 Å². The fourth-order valence-electron chi connectivity index (χ4n) is 2.17. The topological polar surface area (TPSA) is 58.2 Å². The third-order valence-corrected chi connectivity index (χ3v) is 4.00. The highest BCUT2D eigenvalue weighted by Crippen LogP contribution is 2.16. The van der Waals surface area contributed by atoms with Crippen LogP contribution in [-0.4, -0.2) is 18.0 Å². The van der Waals surface area contributed by atoms with Crippen molar-refractivity contribution < 1.29 is 22.8 Å². The predicted molar refractivity (Wildman–Crippen MR) is 95.4 cm³/mol. The highest BCUT2D eigenvalue weighted by molar-refractivity contribution is 9.10. The first-order valence-corrected chi connectivity index (χ1v) is 8.51. The summed E-state index contributed by atoms with van der Waals surface area (Å²) in [7, 11) is 0. The summed E-state index contributed by atoms with van der Waals surface area (Å²) in [6.07, 6.45) is -4.07. The van der Waals surface area contributed by atoms with E-state index in [0.29, 0.717) is 17.7 Å². The maximum atomic E-state index is 12.2. The minimum absolute atomic E-state index is 0.204. The van der Waals surface area contributed by atoms with Crippen LogP contribution in [0.5, 0.6) is 0 Å². The van der Waals surface area contributed by atoms with Crippen molar-refractivity contribution in [1.29, 1.82) is 0 Å². The molecule has 2 aromatic carbocycles. The number of anilines is 1. The van der Waals surface area contributed by atoms with Crippen molar-refractivity contribution in [2.75, 3.05) is 5.32 Å². The largest absolute Gasteiger partial charge is 0.471 e. The normalized spacial score (nSPS) is 11.1. The summed E-state index contributed by atoms with van der Waals surface area (Å²) >= 11 is 3.34. The van der Waals surface area contributed by atoms with E-state index in [1.54, 1.807) is 23.5 Å². The maximum absolute atomic E-state index is 12.2. The van der Waals surface area contributed by atoms with Gasteiger partial charge in [0, 0.05) is 23.1 Å². The Morgan fingerprint density at radius 3 is 2.35 bits per heavy atom. The van der Waals surface area contributed by atoms with Crippen molar-refractivity contribution in [3.8, 4) is 0 Å². The van der Waals surface area contributed by atoms with Crippen LogP contribution in [-0.2, 0) is 22.6 Å². The second-order valence-corrected chi connectivity index (χ2v) is 6.47. The van der Waals surface area contributed by atoms with Gasteiger partial charge in [-0.2, -0.15) is 13.2 Å². The lowest BCUT2D eigenvalue weighted by molar-refractivity contribution is -0.173. The summed E-state index contributed by atoms with van der Waals surface area (Å²) in [5, 5.41) is 4.49. The van der Waals surface area contributed by atoms with Crippen molar-refractivity contribution >= 4 is 33.4 Å². The van der Waals surface area contributed by atoms with E-state index in [1.807, 2.05) is 24.3 Å².